The number of aliphatic hydroxyl groups is 1. The Kier molecular flexibility index (Phi) is 5.90. The van der Waals surface area contributed by atoms with Crippen molar-refractivity contribution in [3.05, 3.63) is 66.2 Å². The lowest BCUT2D eigenvalue weighted by Gasteiger charge is -2.41. The Morgan fingerprint density at radius 1 is 1.15 bits per heavy atom. The van der Waals surface area contributed by atoms with Crippen LogP contribution in [0.2, 0.25) is 0 Å². The number of amides is 2. The summed E-state index contributed by atoms with van der Waals surface area (Å²) in [4.78, 5) is 22.3. The average molecular weight is 461 g/mol. The van der Waals surface area contributed by atoms with E-state index in [1.807, 2.05) is 0 Å². The van der Waals surface area contributed by atoms with E-state index in [9.17, 15) is 27.5 Å². The number of pyridine rings is 2. The number of rotatable bonds is 4. The van der Waals surface area contributed by atoms with Crippen LogP contribution >= 0.6 is 0 Å². The minimum atomic E-state index is -4.53. The summed E-state index contributed by atoms with van der Waals surface area (Å²) in [6.45, 7) is 0. The number of halogens is 4. The molecule has 3 aromatic rings. The van der Waals surface area contributed by atoms with Gasteiger partial charge in [-0.15, -0.1) is 0 Å². The summed E-state index contributed by atoms with van der Waals surface area (Å²) < 4.78 is 52.9. The van der Waals surface area contributed by atoms with Crippen LogP contribution in [-0.2, 0) is 6.18 Å². The first-order chi connectivity index (χ1) is 15.6. The molecule has 0 bridgehead atoms. The minimum Gasteiger partial charge on any atom is -0.396 e. The number of urea groups is 1. The van der Waals surface area contributed by atoms with Crippen molar-refractivity contribution < 1.29 is 27.5 Å². The molecular weight excluding hydrogens is 442 g/mol. The second kappa shape index (κ2) is 8.66. The van der Waals surface area contributed by atoms with Crippen molar-refractivity contribution in [2.45, 2.75) is 31.2 Å². The predicted octanol–water partition coefficient (Wildman–Crippen LogP) is 4.45. The highest BCUT2D eigenvalue weighted by atomic mass is 19.4. The van der Waals surface area contributed by atoms with Crippen molar-refractivity contribution in [2.24, 2.45) is 0 Å². The highest BCUT2D eigenvalue weighted by Gasteiger charge is 2.39. The second-order valence-electron chi connectivity index (χ2n) is 7.59. The van der Waals surface area contributed by atoms with Crippen molar-refractivity contribution in [2.75, 3.05) is 16.0 Å². The number of alkyl halides is 3. The van der Waals surface area contributed by atoms with Crippen molar-refractivity contribution in [1.29, 1.82) is 0 Å². The molecule has 11 heteroatoms. The van der Waals surface area contributed by atoms with Crippen LogP contribution in [0.4, 0.5) is 39.5 Å². The molecule has 0 aliphatic heterocycles. The quantitative estimate of drug-likeness (QED) is 0.498. The maximum absolute atomic E-state index is 13.5. The van der Waals surface area contributed by atoms with Gasteiger partial charge in [-0.3, -0.25) is 9.88 Å². The van der Waals surface area contributed by atoms with Crippen LogP contribution in [0.25, 0.3) is 11.3 Å². The van der Waals surface area contributed by atoms with E-state index in [0.717, 1.165) is 29.3 Å². The topological polar surface area (TPSA) is 104 Å². The van der Waals surface area contributed by atoms with Gasteiger partial charge in [0.1, 0.15) is 5.82 Å². The van der Waals surface area contributed by atoms with Crippen LogP contribution in [-0.4, -0.2) is 33.3 Å². The van der Waals surface area contributed by atoms with E-state index in [1.54, 1.807) is 0 Å². The van der Waals surface area contributed by atoms with Crippen LogP contribution in [0, 0.1) is 5.82 Å². The Balaban J connectivity index is 1.73. The number of nitrogens with two attached hydrogens (primary N) is 1. The third-order valence-corrected chi connectivity index (χ3v) is 5.33. The molecule has 1 unspecified atom stereocenters. The summed E-state index contributed by atoms with van der Waals surface area (Å²) in [5.74, 6) is -0.692. The van der Waals surface area contributed by atoms with Gasteiger partial charge in [-0.1, -0.05) is 12.1 Å². The highest BCUT2D eigenvalue weighted by molar-refractivity contribution is 6.03. The molecule has 2 atom stereocenters. The summed E-state index contributed by atoms with van der Waals surface area (Å²) in [6.07, 6.45) is -2.27. The molecule has 1 saturated carbocycles. The lowest BCUT2D eigenvalue weighted by atomic mass is 9.87. The van der Waals surface area contributed by atoms with E-state index < -0.39 is 35.7 Å². The summed E-state index contributed by atoms with van der Waals surface area (Å²) in [5.41, 5.74) is 5.71. The Labute approximate surface area is 185 Å². The molecular formula is C22H19F4N5O2. The molecule has 1 aromatic carbocycles. The van der Waals surface area contributed by atoms with Crippen molar-refractivity contribution in [3.8, 4) is 11.3 Å². The fraction of sp³-hybridized carbons (Fsp3) is 0.227. The smallest absolute Gasteiger partial charge is 0.396 e. The molecule has 2 aromatic heterocycles. The average Bonchev–Trinajstić information content (AvgIpc) is 2.76. The van der Waals surface area contributed by atoms with E-state index in [4.69, 9.17) is 5.73 Å². The van der Waals surface area contributed by atoms with Gasteiger partial charge in [0.15, 0.2) is 5.82 Å². The zero-order valence-electron chi connectivity index (χ0n) is 17.1. The number of hydrogen-bond acceptors (Lipinski definition) is 5. The van der Waals surface area contributed by atoms with Crippen molar-refractivity contribution >= 4 is 23.2 Å². The third kappa shape index (κ3) is 4.72. The summed E-state index contributed by atoms with van der Waals surface area (Å²) in [5, 5.41) is 12.7. The van der Waals surface area contributed by atoms with Gasteiger partial charge in [-0.05, 0) is 37.1 Å². The SMILES string of the molecule is Nc1ccc(-c2cccc(C(F)(F)F)c2)nc1N(C(=O)Nc1cncc(F)c1)C1CC[C@H]1O. The number of carbonyl (C=O) groups excluding carboxylic acids is 1. The van der Waals surface area contributed by atoms with Crippen LogP contribution in [0.3, 0.4) is 0 Å². The molecule has 4 N–H and O–H groups in total. The lowest BCUT2D eigenvalue weighted by molar-refractivity contribution is -0.137. The molecule has 1 fully saturated rings. The highest BCUT2D eigenvalue weighted by Crippen LogP contribution is 2.36. The number of aliphatic hydroxyl groups excluding tert-OH is 1. The molecule has 1 aliphatic rings. The Morgan fingerprint density at radius 3 is 2.58 bits per heavy atom. The molecule has 0 spiro atoms. The second-order valence-corrected chi connectivity index (χ2v) is 7.59. The van der Waals surface area contributed by atoms with Gasteiger partial charge in [0.05, 0.1) is 47.2 Å². The first-order valence-electron chi connectivity index (χ1n) is 9.96. The van der Waals surface area contributed by atoms with Gasteiger partial charge in [-0.2, -0.15) is 13.2 Å². The van der Waals surface area contributed by atoms with Gasteiger partial charge >= 0.3 is 12.2 Å². The van der Waals surface area contributed by atoms with Crippen molar-refractivity contribution in [1.82, 2.24) is 9.97 Å². The maximum atomic E-state index is 13.5. The van der Waals surface area contributed by atoms with Crippen LogP contribution in [0.1, 0.15) is 18.4 Å². The number of anilines is 3. The number of nitrogens with zero attached hydrogens (tertiary/aromatic N) is 3. The zero-order valence-corrected chi connectivity index (χ0v) is 17.1. The minimum absolute atomic E-state index is 0.0319. The Bertz CT molecular complexity index is 1190. The van der Waals surface area contributed by atoms with E-state index in [-0.39, 0.29) is 28.5 Å². The monoisotopic (exact) mass is 461 g/mol. The molecule has 33 heavy (non-hydrogen) atoms. The molecule has 172 valence electrons. The zero-order chi connectivity index (χ0) is 23.8. The molecule has 4 rings (SSSR count). The van der Waals surface area contributed by atoms with Gasteiger partial charge < -0.3 is 16.2 Å². The lowest BCUT2D eigenvalue weighted by Crippen LogP contribution is -2.55. The number of nitrogens with one attached hydrogen (secondary N) is 1. The van der Waals surface area contributed by atoms with E-state index >= 15 is 0 Å². The standard InChI is InChI=1S/C22H19F4N5O2/c23-14-9-15(11-28-10-14)29-21(33)31(18-6-7-19(18)32)20-16(27)4-5-17(30-20)12-2-1-3-13(8-12)22(24,25)26/h1-5,8-11,18-19,32H,6-7,27H2,(H,29,33)/t18?,19-/m1/s1. The maximum Gasteiger partial charge on any atom is 0.416 e. The number of aromatic nitrogens is 2. The number of benzene rings is 1. The summed E-state index contributed by atoms with van der Waals surface area (Å²) in [7, 11) is 0. The number of carbonyl (C=O) groups is 1. The predicted molar refractivity (Wildman–Crippen MR) is 114 cm³/mol. The molecule has 1 aliphatic carbocycles. The molecule has 2 heterocycles. The summed E-state index contributed by atoms with van der Waals surface area (Å²) in [6, 6.07) is 7.12. The first-order valence-corrected chi connectivity index (χ1v) is 9.96. The molecule has 0 saturated heterocycles. The Hall–Kier alpha value is -3.73. The van der Waals surface area contributed by atoms with Gasteiger partial charge in [-0.25, -0.2) is 14.2 Å². The van der Waals surface area contributed by atoms with Crippen LogP contribution in [0.5, 0.6) is 0 Å². The fourth-order valence-corrected chi connectivity index (χ4v) is 3.50. The Morgan fingerprint density at radius 2 is 1.94 bits per heavy atom. The van der Waals surface area contributed by atoms with Crippen molar-refractivity contribution in [3.63, 3.8) is 0 Å². The molecule has 2 amide bonds. The van der Waals surface area contributed by atoms with E-state index in [1.165, 1.54) is 30.5 Å². The number of nitrogen functional groups attached to an aromatic ring is 1. The largest absolute Gasteiger partial charge is 0.416 e. The third-order valence-electron chi connectivity index (χ3n) is 5.33. The van der Waals surface area contributed by atoms with Gasteiger partial charge in [0, 0.05) is 11.6 Å². The van der Waals surface area contributed by atoms with E-state index in [0.29, 0.717) is 12.8 Å². The van der Waals surface area contributed by atoms with E-state index in [2.05, 4.69) is 15.3 Å². The molecule has 7 nitrogen and oxygen atoms in total. The fourth-order valence-electron chi connectivity index (χ4n) is 3.50. The van der Waals surface area contributed by atoms with Crippen LogP contribution in [0.15, 0.2) is 54.9 Å². The number of hydrogen-bond donors (Lipinski definition) is 3. The summed E-state index contributed by atoms with van der Waals surface area (Å²) >= 11 is 0. The van der Waals surface area contributed by atoms with Gasteiger partial charge in [0.2, 0.25) is 0 Å². The van der Waals surface area contributed by atoms with Gasteiger partial charge in [0.25, 0.3) is 0 Å². The first kappa shape index (κ1) is 22.5. The normalized spacial score (nSPS) is 17.8. The van der Waals surface area contributed by atoms with Crippen LogP contribution < -0.4 is 16.0 Å². The molecule has 0 radical (unpaired) electrons.